The van der Waals surface area contributed by atoms with Crippen molar-refractivity contribution in [2.45, 2.75) is 57.7 Å². The molecule has 0 aromatic heterocycles. The van der Waals surface area contributed by atoms with Crippen molar-refractivity contribution in [1.82, 2.24) is 5.32 Å². The van der Waals surface area contributed by atoms with Crippen molar-refractivity contribution in [2.75, 3.05) is 0 Å². The molecule has 1 rings (SSSR count). The predicted octanol–water partition coefficient (Wildman–Crippen LogP) is 2.48. The van der Waals surface area contributed by atoms with Crippen LogP contribution in [0.2, 0.25) is 0 Å². The minimum Gasteiger partial charge on any atom is -0.479 e. The number of rotatable bonds is 4. The molecule has 0 bridgehead atoms. The molecular formula is C12H18F3NO3. The Kier molecular flexibility index (Phi) is 4.17. The van der Waals surface area contributed by atoms with Crippen LogP contribution < -0.4 is 5.32 Å². The zero-order chi connectivity index (χ0) is 14.9. The van der Waals surface area contributed by atoms with Crippen molar-refractivity contribution in [1.29, 1.82) is 0 Å². The Hall–Kier alpha value is -1.27. The Morgan fingerprint density at radius 3 is 2.05 bits per heavy atom. The first kappa shape index (κ1) is 15.8. The first-order chi connectivity index (χ1) is 8.59. The molecule has 1 saturated carbocycles. The van der Waals surface area contributed by atoms with Gasteiger partial charge in [0.2, 0.25) is 11.4 Å². The molecule has 1 unspecified atom stereocenters. The van der Waals surface area contributed by atoms with E-state index in [-0.39, 0.29) is 0 Å². The summed E-state index contributed by atoms with van der Waals surface area (Å²) in [6, 6.07) is 0. The fourth-order valence-corrected chi connectivity index (χ4v) is 2.40. The zero-order valence-corrected chi connectivity index (χ0v) is 10.9. The van der Waals surface area contributed by atoms with Gasteiger partial charge in [-0.25, -0.2) is 4.79 Å². The van der Waals surface area contributed by atoms with Crippen LogP contribution in [-0.2, 0) is 9.59 Å². The van der Waals surface area contributed by atoms with Crippen LogP contribution in [0.25, 0.3) is 0 Å². The van der Waals surface area contributed by atoms with E-state index in [0.29, 0.717) is 26.2 Å². The molecule has 0 heterocycles. The lowest BCUT2D eigenvalue weighted by Gasteiger charge is -2.34. The maximum atomic E-state index is 12.8. The number of carboxylic acids is 1. The highest BCUT2D eigenvalue weighted by atomic mass is 19.4. The standard InChI is InChI=1S/C12H18F3NO3/c1-3-11(6-4-5-7-11)8(17)16-10(2,9(18)19)12(13,14)15/h3-7H2,1-2H3,(H,16,17)(H,18,19). The molecule has 0 saturated heterocycles. The first-order valence-electron chi connectivity index (χ1n) is 6.22. The van der Waals surface area contributed by atoms with E-state index in [2.05, 4.69) is 0 Å². The minimum atomic E-state index is -5.04. The van der Waals surface area contributed by atoms with Gasteiger partial charge in [0, 0.05) is 5.41 Å². The number of alkyl halides is 3. The van der Waals surface area contributed by atoms with Crippen LogP contribution in [-0.4, -0.2) is 28.7 Å². The lowest BCUT2D eigenvalue weighted by atomic mass is 9.81. The van der Waals surface area contributed by atoms with E-state index < -0.39 is 29.0 Å². The molecular weight excluding hydrogens is 263 g/mol. The number of amides is 1. The average molecular weight is 281 g/mol. The largest absolute Gasteiger partial charge is 0.479 e. The summed E-state index contributed by atoms with van der Waals surface area (Å²) in [5.41, 5.74) is -4.10. The number of nitrogens with one attached hydrogen (secondary N) is 1. The first-order valence-corrected chi connectivity index (χ1v) is 6.22. The fourth-order valence-electron chi connectivity index (χ4n) is 2.40. The molecule has 1 atom stereocenters. The van der Waals surface area contributed by atoms with Crippen molar-refractivity contribution in [3.05, 3.63) is 0 Å². The lowest BCUT2D eigenvalue weighted by Crippen LogP contribution is -2.64. The Bertz CT molecular complexity index is 375. The van der Waals surface area contributed by atoms with Crippen LogP contribution in [0.5, 0.6) is 0 Å². The van der Waals surface area contributed by atoms with Gasteiger partial charge < -0.3 is 10.4 Å². The smallest absolute Gasteiger partial charge is 0.422 e. The summed E-state index contributed by atoms with van der Waals surface area (Å²) in [5.74, 6) is -2.91. The van der Waals surface area contributed by atoms with Gasteiger partial charge in [0.15, 0.2) is 0 Å². The molecule has 0 aromatic rings. The number of carbonyl (C=O) groups is 2. The minimum absolute atomic E-state index is 0.409. The van der Waals surface area contributed by atoms with Crippen LogP contribution in [0, 0.1) is 5.41 Å². The van der Waals surface area contributed by atoms with Crippen molar-refractivity contribution < 1.29 is 27.9 Å². The Morgan fingerprint density at radius 2 is 1.74 bits per heavy atom. The molecule has 1 fully saturated rings. The number of hydrogen-bond donors (Lipinski definition) is 2. The summed E-state index contributed by atoms with van der Waals surface area (Å²) in [7, 11) is 0. The van der Waals surface area contributed by atoms with Gasteiger partial charge in [-0.1, -0.05) is 19.8 Å². The van der Waals surface area contributed by atoms with Crippen LogP contribution in [0.4, 0.5) is 13.2 Å². The summed E-state index contributed by atoms with van der Waals surface area (Å²) in [6.45, 7) is 2.21. The molecule has 1 amide bonds. The van der Waals surface area contributed by atoms with Gasteiger partial charge in [0.1, 0.15) is 0 Å². The summed E-state index contributed by atoms with van der Waals surface area (Å²) >= 11 is 0. The summed E-state index contributed by atoms with van der Waals surface area (Å²) in [4.78, 5) is 23.0. The highest BCUT2D eigenvalue weighted by Crippen LogP contribution is 2.42. The van der Waals surface area contributed by atoms with Crippen molar-refractivity contribution in [2.24, 2.45) is 5.41 Å². The number of halogens is 3. The maximum Gasteiger partial charge on any atom is 0.422 e. The van der Waals surface area contributed by atoms with E-state index in [4.69, 9.17) is 5.11 Å². The number of carboxylic acid groups (broad SMARTS) is 1. The SMILES string of the molecule is CCC1(C(=O)NC(C)(C(=O)O)C(F)(F)F)CCCC1. The normalized spacial score (nSPS) is 21.7. The average Bonchev–Trinajstić information content (AvgIpc) is 2.76. The van der Waals surface area contributed by atoms with E-state index in [1.165, 1.54) is 0 Å². The third-order valence-corrected chi connectivity index (χ3v) is 4.08. The second kappa shape index (κ2) is 5.02. The molecule has 19 heavy (non-hydrogen) atoms. The topological polar surface area (TPSA) is 66.4 Å². The van der Waals surface area contributed by atoms with Crippen molar-refractivity contribution >= 4 is 11.9 Å². The molecule has 2 N–H and O–H groups in total. The molecule has 110 valence electrons. The Morgan fingerprint density at radius 1 is 1.26 bits per heavy atom. The highest BCUT2D eigenvalue weighted by molar-refractivity contribution is 5.90. The zero-order valence-electron chi connectivity index (χ0n) is 10.9. The summed E-state index contributed by atoms with van der Waals surface area (Å²) in [6.07, 6.45) is -2.08. The van der Waals surface area contributed by atoms with Crippen molar-refractivity contribution in [3.63, 3.8) is 0 Å². The highest BCUT2D eigenvalue weighted by Gasteiger charge is 2.59. The summed E-state index contributed by atoms with van der Waals surface area (Å²) < 4.78 is 38.5. The van der Waals surface area contributed by atoms with Gasteiger partial charge in [-0.2, -0.15) is 13.2 Å². The van der Waals surface area contributed by atoms with Crippen LogP contribution in [0.15, 0.2) is 0 Å². The Labute approximate surface area is 109 Å². The molecule has 0 aromatic carbocycles. The van der Waals surface area contributed by atoms with E-state index >= 15 is 0 Å². The second-order valence-corrected chi connectivity index (χ2v) is 5.22. The van der Waals surface area contributed by atoms with Gasteiger partial charge in [-0.3, -0.25) is 4.79 Å². The van der Waals surface area contributed by atoms with E-state index in [1.54, 1.807) is 12.2 Å². The number of aliphatic carboxylic acids is 1. The monoisotopic (exact) mass is 281 g/mol. The molecule has 0 aliphatic heterocycles. The maximum absolute atomic E-state index is 12.8. The van der Waals surface area contributed by atoms with Crippen LogP contribution in [0.1, 0.15) is 46.0 Å². The van der Waals surface area contributed by atoms with Crippen LogP contribution >= 0.6 is 0 Å². The molecule has 0 spiro atoms. The third kappa shape index (κ3) is 2.69. The van der Waals surface area contributed by atoms with E-state index in [1.807, 2.05) is 0 Å². The number of carbonyl (C=O) groups excluding carboxylic acids is 1. The summed E-state index contributed by atoms with van der Waals surface area (Å²) in [5, 5.41) is 10.5. The lowest BCUT2D eigenvalue weighted by molar-refractivity contribution is -0.208. The van der Waals surface area contributed by atoms with Gasteiger partial charge in [-0.05, 0) is 26.2 Å². The molecule has 4 nitrogen and oxygen atoms in total. The van der Waals surface area contributed by atoms with Gasteiger partial charge in [0.25, 0.3) is 0 Å². The molecule has 0 radical (unpaired) electrons. The van der Waals surface area contributed by atoms with Crippen LogP contribution in [0.3, 0.4) is 0 Å². The van der Waals surface area contributed by atoms with E-state index in [9.17, 15) is 22.8 Å². The molecule has 1 aliphatic carbocycles. The van der Waals surface area contributed by atoms with Gasteiger partial charge in [-0.15, -0.1) is 0 Å². The second-order valence-electron chi connectivity index (χ2n) is 5.22. The van der Waals surface area contributed by atoms with Gasteiger partial charge >= 0.3 is 12.1 Å². The molecule has 1 aliphatic rings. The fraction of sp³-hybridized carbons (Fsp3) is 0.833. The number of hydrogen-bond acceptors (Lipinski definition) is 2. The molecule has 7 heteroatoms. The van der Waals surface area contributed by atoms with Gasteiger partial charge in [0.05, 0.1) is 0 Å². The van der Waals surface area contributed by atoms with E-state index in [0.717, 1.165) is 12.8 Å². The Balaban J connectivity index is 2.98. The predicted molar refractivity (Wildman–Crippen MR) is 61.4 cm³/mol. The quantitative estimate of drug-likeness (QED) is 0.832. The van der Waals surface area contributed by atoms with Crippen molar-refractivity contribution in [3.8, 4) is 0 Å². The third-order valence-electron chi connectivity index (χ3n) is 4.08.